The first-order valence-electron chi connectivity index (χ1n) is 6.81. The molecule has 1 fully saturated rings. The highest BCUT2D eigenvalue weighted by Crippen LogP contribution is 2.27. The number of carbonyl (C=O) groups is 1. The highest BCUT2D eigenvalue weighted by molar-refractivity contribution is 5.99. The van der Waals surface area contributed by atoms with Crippen LogP contribution < -0.4 is 0 Å². The van der Waals surface area contributed by atoms with Crippen molar-refractivity contribution in [1.29, 1.82) is 5.26 Å². The minimum absolute atomic E-state index is 0.172. The molecule has 1 saturated carbocycles. The Morgan fingerprint density at radius 2 is 2.21 bits per heavy atom. The van der Waals surface area contributed by atoms with Crippen LogP contribution in [0, 0.1) is 25.2 Å². The van der Waals surface area contributed by atoms with Gasteiger partial charge < -0.3 is 4.57 Å². The second kappa shape index (κ2) is 5.58. The van der Waals surface area contributed by atoms with E-state index < -0.39 is 0 Å². The van der Waals surface area contributed by atoms with Crippen molar-refractivity contribution in [3.63, 3.8) is 0 Å². The van der Waals surface area contributed by atoms with Crippen LogP contribution in [-0.2, 0) is 7.05 Å². The average Bonchev–Trinajstić information content (AvgIpc) is 3.19. The summed E-state index contributed by atoms with van der Waals surface area (Å²) in [7, 11) is 1.98. The molecule has 1 aliphatic rings. The lowest BCUT2D eigenvalue weighted by Crippen LogP contribution is -2.33. The van der Waals surface area contributed by atoms with E-state index >= 15 is 0 Å². The fourth-order valence-electron chi connectivity index (χ4n) is 2.43. The van der Waals surface area contributed by atoms with E-state index in [-0.39, 0.29) is 5.78 Å². The summed E-state index contributed by atoms with van der Waals surface area (Å²) in [6.45, 7) is 5.14. The van der Waals surface area contributed by atoms with Gasteiger partial charge in [0.15, 0.2) is 5.78 Å². The molecule has 19 heavy (non-hydrogen) atoms. The third-order valence-corrected chi connectivity index (χ3v) is 4.00. The molecule has 0 aromatic carbocycles. The van der Waals surface area contributed by atoms with E-state index in [0.29, 0.717) is 25.6 Å². The van der Waals surface area contributed by atoms with E-state index in [4.69, 9.17) is 5.26 Å². The van der Waals surface area contributed by atoms with Gasteiger partial charge in [0.1, 0.15) is 0 Å². The Kier molecular flexibility index (Phi) is 4.06. The summed E-state index contributed by atoms with van der Waals surface area (Å²) < 4.78 is 2.05. The SMILES string of the molecule is Cc1cc(C(=O)CN(CCC#N)C2CC2)c(C)n1C. The largest absolute Gasteiger partial charge is 0.351 e. The predicted molar refractivity (Wildman–Crippen MR) is 74.0 cm³/mol. The van der Waals surface area contributed by atoms with Gasteiger partial charge in [-0.1, -0.05) is 0 Å². The van der Waals surface area contributed by atoms with Crippen LogP contribution in [0.25, 0.3) is 0 Å². The molecule has 4 nitrogen and oxygen atoms in total. The summed E-state index contributed by atoms with van der Waals surface area (Å²) in [6.07, 6.45) is 2.81. The number of Topliss-reactive ketones (excluding diaryl/α,β-unsaturated/α-hetero) is 1. The van der Waals surface area contributed by atoms with Crippen LogP contribution in [0.3, 0.4) is 0 Å². The second-order valence-corrected chi connectivity index (χ2v) is 5.38. The van der Waals surface area contributed by atoms with Gasteiger partial charge in [-0.3, -0.25) is 9.69 Å². The number of ketones is 1. The number of aryl methyl sites for hydroxylation is 1. The van der Waals surface area contributed by atoms with Crippen molar-refractivity contribution < 1.29 is 4.79 Å². The van der Waals surface area contributed by atoms with Gasteiger partial charge in [-0.15, -0.1) is 0 Å². The van der Waals surface area contributed by atoms with Gasteiger partial charge in [-0.25, -0.2) is 0 Å². The Hall–Kier alpha value is -1.60. The maximum absolute atomic E-state index is 12.4. The standard InChI is InChI=1S/C15H21N3O/c1-11-9-14(12(2)17(11)3)15(19)10-18(8-4-7-16)13-5-6-13/h9,13H,4-6,8,10H2,1-3H3. The molecule has 0 amide bonds. The van der Waals surface area contributed by atoms with Crippen molar-refractivity contribution in [2.75, 3.05) is 13.1 Å². The maximum Gasteiger partial charge on any atom is 0.178 e. The van der Waals surface area contributed by atoms with E-state index in [2.05, 4.69) is 11.0 Å². The number of hydrogen-bond donors (Lipinski definition) is 0. The summed E-state index contributed by atoms with van der Waals surface area (Å²) in [6, 6.07) is 4.64. The zero-order valence-corrected chi connectivity index (χ0v) is 11.9. The first-order valence-corrected chi connectivity index (χ1v) is 6.81. The topological polar surface area (TPSA) is 49.0 Å². The van der Waals surface area contributed by atoms with Crippen molar-refractivity contribution in [3.8, 4) is 6.07 Å². The minimum Gasteiger partial charge on any atom is -0.351 e. The predicted octanol–water partition coefficient (Wildman–Crippen LogP) is 2.20. The number of rotatable bonds is 6. The molecule has 1 heterocycles. The Bertz CT molecular complexity index is 520. The quantitative estimate of drug-likeness (QED) is 0.736. The van der Waals surface area contributed by atoms with Crippen LogP contribution in [0.1, 0.15) is 41.0 Å². The fraction of sp³-hybridized carbons (Fsp3) is 0.600. The van der Waals surface area contributed by atoms with Crippen molar-refractivity contribution in [2.24, 2.45) is 7.05 Å². The van der Waals surface area contributed by atoms with Gasteiger partial charge in [0.05, 0.1) is 12.6 Å². The van der Waals surface area contributed by atoms with E-state index in [9.17, 15) is 4.79 Å². The lowest BCUT2D eigenvalue weighted by molar-refractivity contribution is 0.0925. The van der Waals surface area contributed by atoms with Crippen molar-refractivity contribution in [2.45, 2.75) is 39.2 Å². The van der Waals surface area contributed by atoms with Gasteiger partial charge in [0.2, 0.25) is 0 Å². The molecular weight excluding hydrogens is 238 g/mol. The van der Waals surface area contributed by atoms with Crippen molar-refractivity contribution in [1.82, 2.24) is 9.47 Å². The summed E-state index contributed by atoms with van der Waals surface area (Å²) in [5.74, 6) is 0.172. The van der Waals surface area contributed by atoms with Crippen LogP contribution in [-0.4, -0.2) is 34.4 Å². The Labute approximate surface area is 114 Å². The normalized spacial score (nSPS) is 14.7. The first kappa shape index (κ1) is 13.8. The molecule has 0 bridgehead atoms. The van der Waals surface area contributed by atoms with E-state index in [1.807, 2.05) is 31.5 Å². The third kappa shape index (κ3) is 3.05. The monoisotopic (exact) mass is 259 g/mol. The van der Waals surface area contributed by atoms with Crippen LogP contribution in [0.15, 0.2) is 6.07 Å². The lowest BCUT2D eigenvalue weighted by Gasteiger charge is -2.19. The Morgan fingerprint density at radius 1 is 1.53 bits per heavy atom. The highest BCUT2D eigenvalue weighted by atomic mass is 16.1. The van der Waals surface area contributed by atoms with Gasteiger partial charge in [0.25, 0.3) is 0 Å². The number of carbonyl (C=O) groups excluding carboxylic acids is 1. The molecule has 4 heteroatoms. The van der Waals surface area contributed by atoms with Crippen LogP contribution in [0.2, 0.25) is 0 Å². The van der Waals surface area contributed by atoms with Crippen LogP contribution in [0.5, 0.6) is 0 Å². The number of nitriles is 1. The van der Waals surface area contributed by atoms with Gasteiger partial charge >= 0.3 is 0 Å². The minimum atomic E-state index is 0.172. The second-order valence-electron chi connectivity index (χ2n) is 5.38. The highest BCUT2D eigenvalue weighted by Gasteiger charge is 2.30. The van der Waals surface area contributed by atoms with E-state index in [1.54, 1.807) is 0 Å². The zero-order valence-electron chi connectivity index (χ0n) is 11.9. The lowest BCUT2D eigenvalue weighted by atomic mass is 10.1. The van der Waals surface area contributed by atoms with Crippen LogP contribution in [0.4, 0.5) is 0 Å². The molecule has 2 rings (SSSR count). The molecular formula is C15H21N3O. The molecule has 1 aromatic heterocycles. The third-order valence-electron chi connectivity index (χ3n) is 4.00. The average molecular weight is 259 g/mol. The smallest absolute Gasteiger partial charge is 0.178 e. The van der Waals surface area contributed by atoms with Gasteiger partial charge in [-0.2, -0.15) is 5.26 Å². The number of aromatic nitrogens is 1. The van der Waals surface area contributed by atoms with E-state index in [1.165, 1.54) is 0 Å². The molecule has 1 aliphatic carbocycles. The summed E-state index contributed by atoms with van der Waals surface area (Å²) in [5, 5.41) is 8.69. The van der Waals surface area contributed by atoms with E-state index in [0.717, 1.165) is 29.8 Å². The fourth-order valence-corrected chi connectivity index (χ4v) is 2.43. The van der Waals surface area contributed by atoms with Crippen LogP contribution >= 0.6 is 0 Å². The molecule has 0 N–H and O–H groups in total. The molecule has 0 saturated heterocycles. The summed E-state index contributed by atoms with van der Waals surface area (Å²) >= 11 is 0. The van der Waals surface area contributed by atoms with Crippen molar-refractivity contribution in [3.05, 3.63) is 23.0 Å². The zero-order chi connectivity index (χ0) is 14.0. The summed E-state index contributed by atoms with van der Waals surface area (Å²) in [4.78, 5) is 14.6. The first-order chi connectivity index (χ1) is 9.04. The molecule has 0 aliphatic heterocycles. The van der Waals surface area contributed by atoms with Crippen molar-refractivity contribution >= 4 is 5.78 Å². The van der Waals surface area contributed by atoms with Gasteiger partial charge in [0, 0.05) is 43.0 Å². The molecule has 0 unspecified atom stereocenters. The Balaban J connectivity index is 2.06. The Morgan fingerprint density at radius 3 is 2.68 bits per heavy atom. The number of hydrogen-bond acceptors (Lipinski definition) is 3. The molecule has 0 atom stereocenters. The molecule has 1 aromatic rings. The van der Waals surface area contributed by atoms with Gasteiger partial charge in [-0.05, 0) is 32.8 Å². The summed E-state index contributed by atoms with van der Waals surface area (Å²) in [5.41, 5.74) is 2.96. The maximum atomic E-state index is 12.4. The molecule has 0 radical (unpaired) electrons. The molecule has 102 valence electrons. The number of nitrogens with zero attached hydrogens (tertiary/aromatic N) is 3. The molecule has 0 spiro atoms.